The van der Waals surface area contributed by atoms with Crippen LogP contribution in [0.25, 0.3) is 11.3 Å². The summed E-state index contributed by atoms with van der Waals surface area (Å²) in [5.74, 6) is -1.02. The van der Waals surface area contributed by atoms with Crippen LogP contribution in [-0.4, -0.2) is 22.9 Å². The van der Waals surface area contributed by atoms with Crippen molar-refractivity contribution in [1.82, 2.24) is 9.78 Å². The Balaban J connectivity index is 2.55. The number of benzene rings is 1. The van der Waals surface area contributed by atoms with E-state index in [0.29, 0.717) is 5.56 Å². The molecule has 0 N–H and O–H groups in total. The van der Waals surface area contributed by atoms with Crippen LogP contribution in [0.5, 0.6) is 0 Å². The van der Waals surface area contributed by atoms with Gasteiger partial charge in [-0.1, -0.05) is 6.92 Å². The maximum atomic E-state index is 13.7. The SMILES string of the molecule is CCCn1ncc(I)c1-c1cc(F)cc(C(=O)OC)c1. The maximum Gasteiger partial charge on any atom is 0.337 e. The van der Waals surface area contributed by atoms with Crippen LogP contribution in [0, 0.1) is 9.39 Å². The van der Waals surface area contributed by atoms with Gasteiger partial charge in [-0.15, -0.1) is 0 Å². The molecule has 2 rings (SSSR count). The van der Waals surface area contributed by atoms with Gasteiger partial charge in [0.25, 0.3) is 0 Å². The molecule has 1 heterocycles. The number of rotatable bonds is 4. The Kier molecular flexibility index (Phi) is 4.74. The van der Waals surface area contributed by atoms with Crippen molar-refractivity contribution in [2.24, 2.45) is 0 Å². The lowest BCUT2D eigenvalue weighted by atomic mass is 10.1. The predicted octanol–water partition coefficient (Wildman–Crippen LogP) is 3.49. The minimum Gasteiger partial charge on any atom is -0.465 e. The van der Waals surface area contributed by atoms with Gasteiger partial charge in [-0.25, -0.2) is 9.18 Å². The third-order valence-electron chi connectivity index (χ3n) is 2.82. The highest BCUT2D eigenvalue weighted by atomic mass is 127. The first-order chi connectivity index (χ1) is 9.56. The van der Waals surface area contributed by atoms with Crippen molar-refractivity contribution in [2.75, 3.05) is 7.11 Å². The van der Waals surface area contributed by atoms with Crippen molar-refractivity contribution in [1.29, 1.82) is 0 Å². The largest absolute Gasteiger partial charge is 0.465 e. The van der Waals surface area contributed by atoms with E-state index in [0.717, 1.165) is 22.2 Å². The van der Waals surface area contributed by atoms with Gasteiger partial charge in [-0.3, -0.25) is 4.68 Å². The second kappa shape index (κ2) is 6.34. The summed E-state index contributed by atoms with van der Waals surface area (Å²) in [4.78, 5) is 11.6. The highest BCUT2D eigenvalue weighted by molar-refractivity contribution is 14.1. The average molecular weight is 388 g/mol. The zero-order valence-corrected chi connectivity index (χ0v) is 13.3. The fourth-order valence-electron chi connectivity index (χ4n) is 1.99. The van der Waals surface area contributed by atoms with Crippen LogP contribution in [-0.2, 0) is 11.3 Å². The van der Waals surface area contributed by atoms with Crippen molar-refractivity contribution in [2.45, 2.75) is 19.9 Å². The second-order valence-corrected chi connectivity index (χ2v) is 5.45. The molecule has 0 saturated carbocycles. The molecule has 0 unspecified atom stereocenters. The summed E-state index contributed by atoms with van der Waals surface area (Å²) in [7, 11) is 1.28. The molecule has 0 radical (unpaired) electrons. The molecule has 1 aromatic heterocycles. The number of ether oxygens (including phenoxy) is 1. The van der Waals surface area contributed by atoms with Crippen LogP contribution in [0.1, 0.15) is 23.7 Å². The van der Waals surface area contributed by atoms with Gasteiger partial charge in [0.2, 0.25) is 0 Å². The number of nitrogens with zero attached hydrogens (tertiary/aromatic N) is 2. The standard InChI is InChI=1S/C14H14FIN2O2/c1-3-4-18-13(12(16)8-17-18)9-5-10(14(19)20-2)7-11(15)6-9/h5-8H,3-4H2,1-2H3. The zero-order chi connectivity index (χ0) is 14.7. The van der Waals surface area contributed by atoms with Crippen molar-refractivity contribution in [3.05, 3.63) is 39.3 Å². The molecule has 0 aliphatic heterocycles. The predicted molar refractivity (Wildman–Crippen MR) is 82.0 cm³/mol. The molecule has 0 aliphatic carbocycles. The summed E-state index contributed by atoms with van der Waals surface area (Å²) < 4.78 is 21.1. The maximum absolute atomic E-state index is 13.7. The summed E-state index contributed by atoms with van der Waals surface area (Å²) in [5, 5.41) is 4.28. The first-order valence-electron chi connectivity index (χ1n) is 6.17. The molecule has 6 heteroatoms. The quantitative estimate of drug-likeness (QED) is 0.595. The molecule has 0 aliphatic rings. The molecule has 0 amide bonds. The number of hydrogen-bond donors (Lipinski definition) is 0. The molecule has 4 nitrogen and oxygen atoms in total. The van der Waals surface area contributed by atoms with Crippen LogP contribution < -0.4 is 0 Å². The minimum absolute atomic E-state index is 0.197. The molecule has 1 aromatic carbocycles. The summed E-state index contributed by atoms with van der Waals surface area (Å²) in [6.45, 7) is 2.78. The lowest BCUT2D eigenvalue weighted by molar-refractivity contribution is 0.0600. The third-order valence-corrected chi connectivity index (χ3v) is 3.61. The van der Waals surface area contributed by atoms with Gasteiger partial charge in [0.1, 0.15) is 5.82 Å². The highest BCUT2D eigenvalue weighted by Crippen LogP contribution is 2.27. The number of esters is 1. The Morgan fingerprint density at radius 2 is 2.20 bits per heavy atom. The fraction of sp³-hybridized carbons (Fsp3) is 0.286. The highest BCUT2D eigenvalue weighted by Gasteiger charge is 2.15. The Hall–Kier alpha value is -1.44. The molecule has 2 aromatic rings. The first kappa shape index (κ1) is 15.0. The minimum atomic E-state index is -0.553. The topological polar surface area (TPSA) is 44.1 Å². The summed E-state index contributed by atoms with van der Waals surface area (Å²) in [5.41, 5.74) is 1.64. The van der Waals surface area contributed by atoms with E-state index in [4.69, 9.17) is 0 Å². The van der Waals surface area contributed by atoms with Gasteiger partial charge in [0.15, 0.2) is 0 Å². The van der Waals surface area contributed by atoms with E-state index in [1.807, 2.05) is 11.6 Å². The summed E-state index contributed by atoms with van der Waals surface area (Å²) in [6, 6.07) is 4.20. The normalized spacial score (nSPS) is 10.6. The van der Waals surface area contributed by atoms with Crippen LogP contribution in [0.4, 0.5) is 4.39 Å². The lowest BCUT2D eigenvalue weighted by Gasteiger charge is -2.09. The van der Waals surface area contributed by atoms with E-state index in [1.54, 1.807) is 12.3 Å². The molecule has 0 fully saturated rings. The first-order valence-corrected chi connectivity index (χ1v) is 7.25. The molecular formula is C14H14FIN2O2. The number of halogens is 2. The van der Waals surface area contributed by atoms with Crippen LogP contribution >= 0.6 is 22.6 Å². The van der Waals surface area contributed by atoms with Crippen molar-refractivity contribution in [3.63, 3.8) is 0 Å². The zero-order valence-electron chi connectivity index (χ0n) is 11.2. The Morgan fingerprint density at radius 3 is 2.85 bits per heavy atom. The summed E-state index contributed by atoms with van der Waals surface area (Å²) in [6.07, 6.45) is 2.65. The molecule has 20 heavy (non-hydrogen) atoms. The number of aryl methyl sites for hydroxylation is 1. The average Bonchev–Trinajstić information content (AvgIpc) is 2.78. The third kappa shape index (κ3) is 3.00. The monoisotopic (exact) mass is 388 g/mol. The van der Waals surface area contributed by atoms with E-state index in [2.05, 4.69) is 32.4 Å². The van der Waals surface area contributed by atoms with Crippen molar-refractivity contribution in [3.8, 4) is 11.3 Å². The Morgan fingerprint density at radius 1 is 1.45 bits per heavy atom. The number of carbonyl (C=O) groups is 1. The van der Waals surface area contributed by atoms with Gasteiger partial charge < -0.3 is 4.74 Å². The fourth-order valence-corrected chi connectivity index (χ4v) is 2.71. The van der Waals surface area contributed by atoms with E-state index in [1.165, 1.54) is 19.2 Å². The van der Waals surface area contributed by atoms with E-state index in [9.17, 15) is 9.18 Å². The molecule has 0 atom stereocenters. The number of carbonyl (C=O) groups excluding carboxylic acids is 1. The smallest absolute Gasteiger partial charge is 0.337 e. The molecule has 0 saturated heterocycles. The summed E-state index contributed by atoms with van der Waals surface area (Å²) >= 11 is 2.15. The van der Waals surface area contributed by atoms with Gasteiger partial charge in [0.05, 0.1) is 28.1 Å². The number of aromatic nitrogens is 2. The van der Waals surface area contributed by atoms with Gasteiger partial charge in [-0.2, -0.15) is 5.10 Å². The molecule has 106 valence electrons. The number of methoxy groups -OCH3 is 1. The van der Waals surface area contributed by atoms with Crippen LogP contribution in [0.3, 0.4) is 0 Å². The van der Waals surface area contributed by atoms with E-state index >= 15 is 0 Å². The molecule has 0 bridgehead atoms. The van der Waals surface area contributed by atoms with Crippen LogP contribution in [0.15, 0.2) is 24.4 Å². The molecule has 0 spiro atoms. The Labute approximate surface area is 130 Å². The second-order valence-electron chi connectivity index (χ2n) is 4.28. The van der Waals surface area contributed by atoms with Gasteiger partial charge in [0, 0.05) is 12.1 Å². The van der Waals surface area contributed by atoms with E-state index < -0.39 is 11.8 Å². The lowest BCUT2D eigenvalue weighted by Crippen LogP contribution is -2.05. The van der Waals surface area contributed by atoms with Gasteiger partial charge >= 0.3 is 5.97 Å². The van der Waals surface area contributed by atoms with Crippen LogP contribution in [0.2, 0.25) is 0 Å². The van der Waals surface area contributed by atoms with E-state index in [-0.39, 0.29) is 5.56 Å². The van der Waals surface area contributed by atoms with Gasteiger partial charge in [-0.05, 0) is 47.2 Å². The molecular weight excluding hydrogens is 374 g/mol. The Bertz CT molecular complexity index is 640. The van der Waals surface area contributed by atoms with Crippen molar-refractivity contribution < 1.29 is 13.9 Å². The van der Waals surface area contributed by atoms with Crippen molar-refractivity contribution >= 4 is 28.6 Å². The number of hydrogen-bond acceptors (Lipinski definition) is 3.